The zero-order chi connectivity index (χ0) is 19.1. The zero-order valence-electron chi connectivity index (χ0n) is 16.4. The van der Waals surface area contributed by atoms with Gasteiger partial charge in [0.25, 0.3) is 0 Å². The number of fused-ring (bicyclic) bond motifs is 1. The van der Waals surface area contributed by atoms with Gasteiger partial charge in [-0.2, -0.15) is 5.10 Å². The lowest BCUT2D eigenvalue weighted by Gasteiger charge is -2.25. The average molecular weight is 371 g/mol. The van der Waals surface area contributed by atoms with Crippen LogP contribution in [0.2, 0.25) is 0 Å². The normalized spacial score (nSPS) is 16.9. The molecule has 0 saturated heterocycles. The van der Waals surface area contributed by atoms with Gasteiger partial charge >= 0.3 is 0 Å². The van der Waals surface area contributed by atoms with Crippen LogP contribution in [0.5, 0.6) is 0 Å². The summed E-state index contributed by atoms with van der Waals surface area (Å²) in [5.74, 6) is 2.64. The topological polar surface area (TPSA) is 89.2 Å². The number of hydrogen-bond acceptors (Lipinski definition) is 5. The van der Waals surface area contributed by atoms with E-state index in [9.17, 15) is 0 Å². The van der Waals surface area contributed by atoms with Gasteiger partial charge < -0.3 is 15.4 Å². The number of pyridine rings is 1. The summed E-state index contributed by atoms with van der Waals surface area (Å²) in [6.07, 6.45) is 4.72. The minimum Gasteiger partial charge on any atom is -0.377 e. The van der Waals surface area contributed by atoms with E-state index in [2.05, 4.69) is 38.7 Å². The Morgan fingerprint density at radius 1 is 1.41 bits per heavy atom. The molecule has 0 aliphatic carbocycles. The van der Waals surface area contributed by atoms with Gasteiger partial charge in [0.2, 0.25) is 0 Å². The Morgan fingerprint density at radius 3 is 3.04 bits per heavy atom. The van der Waals surface area contributed by atoms with Crippen molar-refractivity contribution in [2.45, 2.75) is 52.3 Å². The molecule has 8 heteroatoms. The van der Waals surface area contributed by atoms with Crippen molar-refractivity contribution in [2.75, 3.05) is 20.2 Å². The highest BCUT2D eigenvalue weighted by Crippen LogP contribution is 2.13. The van der Waals surface area contributed by atoms with Gasteiger partial charge in [-0.25, -0.2) is 9.67 Å². The van der Waals surface area contributed by atoms with Crippen LogP contribution in [0.3, 0.4) is 0 Å². The first-order valence-electron chi connectivity index (χ1n) is 9.56. The van der Waals surface area contributed by atoms with Gasteiger partial charge in [-0.15, -0.1) is 0 Å². The van der Waals surface area contributed by atoms with Crippen LogP contribution in [0, 0.1) is 6.92 Å². The number of aromatic nitrogens is 4. The Hall–Kier alpha value is -2.48. The van der Waals surface area contributed by atoms with E-state index in [1.807, 2.05) is 23.9 Å². The lowest BCUT2D eigenvalue weighted by molar-refractivity contribution is 0.177. The molecule has 3 rings (SSSR count). The predicted molar refractivity (Wildman–Crippen MR) is 105 cm³/mol. The van der Waals surface area contributed by atoms with Gasteiger partial charge in [-0.1, -0.05) is 6.07 Å². The third-order valence-corrected chi connectivity index (χ3v) is 4.50. The molecule has 0 aromatic carbocycles. The van der Waals surface area contributed by atoms with E-state index in [0.717, 1.165) is 62.2 Å². The van der Waals surface area contributed by atoms with Gasteiger partial charge in [-0.05, 0) is 38.3 Å². The Bertz CT molecular complexity index is 754. The fourth-order valence-electron chi connectivity index (χ4n) is 3.13. The minimum absolute atomic E-state index is 0.286. The lowest BCUT2D eigenvalue weighted by atomic mass is 10.1. The maximum atomic E-state index is 5.13. The standard InChI is InChI=1S/C19H29N7O/c1-4-20-19(21-10-9-15-6-5-14(2)22-11-15)23-16-7-8-18-24-17(13-27-3)25-26(18)12-16/h5-6,11,16H,4,7-10,12-13H2,1-3H3,(H2,20,21,23). The van der Waals surface area contributed by atoms with Gasteiger partial charge in [-0.3, -0.25) is 9.98 Å². The monoisotopic (exact) mass is 371 g/mol. The molecule has 2 aromatic rings. The summed E-state index contributed by atoms with van der Waals surface area (Å²) in [7, 11) is 1.66. The van der Waals surface area contributed by atoms with Crippen LogP contribution in [-0.4, -0.2) is 51.9 Å². The largest absolute Gasteiger partial charge is 0.377 e. The number of aryl methyl sites for hydroxylation is 2. The molecule has 0 radical (unpaired) electrons. The maximum Gasteiger partial charge on any atom is 0.191 e. The quantitative estimate of drug-likeness (QED) is 0.562. The van der Waals surface area contributed by atoms with E-state index in [0.29, 0.717) is 6.61 Å². The highest BCUT2D eigenvalue weighted by Gasteiger charge is 2.22. The number of nitrogens with one attached hydrogen (secondary N) is 2. The second-order valence-electron chi connectivity index (χ2n) is 6.76. The lowest BCUT2D eigenvalue weighted by Crippen LogP contribution is -2.47. The maximum absolute atomic E-state index is 5.13. The van der Waals surface area contributed by atoms with Crippen molar-refractivity contribution in [3.05, 3.63) is 41.2 Å². The van der Waals surface area contributed by atoms with Crippen LogP contribution in [0.4, 0.5) is 0 Å². The van der Waals surface area contributed by atoms with Crippen LogP contribution in [-0.2, 0) is 30.7 Å². The van der Waals surface area contributed by atoms with Crippen molar-refractivity contribution in [1.82, 2.24) is 30.4 Å². The number of hydrogen-bond donors (Lipinski definition) is 2. The molecule has 1 unspecified atom stereocenters. The Balaban J connectivity index is 1.56. The SMILES string of the molecule is CCNC(=NCCc1ccc(C)nc1)NC1CCc2nc(COC)nn2C1. The van der Waals surface area contributed by atoms with E-state index in [1.54, 1.807) is 7.11 Å². The summed E-state index contributed by atoms with van der Waals surface area (Å²) in [6.45, 7) is 6.87. The van der Waals surface area contributed by atoms with Gasteiger partial charge in [0.15, 0.2) is 11.8 Å². The van der Waals surface area contributed by atoms with Crippen molar-refractivity contribution < 1.29 is 4.74 Å². The fraction of sp³-hybridized carbons (Fsp3) is 0.579. The molecule has 1 atom stereocenters. The molecule has 27 heavy (non-hydrogen) atoms. The molecule has 0 fully saturated rings. The number of aliphatic imine (C=N–C) groups is 1. The molecular formula is C19H29N7O. The van der Waals surface area contributed by atoms with E-state index in [1.165, 1.54) is 5.56 Å². The van der Waals surface area contributed by atoms with Crippen molar-refractivity contribution >= 4 is 5.96 Å². The Kier molecular flexibility index (Phi) is 6.75. The summed E-state index contributed by atoms with van der Waals surface area (Å²) in [6, 6.07) is 4.44. The summed E-state index contributed by atoms with van der Waals surface area (Å²) in [5.41, 5.74) is 2.24. The average Bonchev–Trinajstić information content (AvgIpc) is 3.05. The number of methoxy groups -OCH3 is 1. The zero-order valence-corrected chi connectivity index (χ0v) is 16.4. The molecule has 0 amide bonds. The van der Waals surface area contributed by atoms with Crippen LogP contribution in [0.25, 0.3) is 0 Å². The van der Waals surface area contributed by atoms with Gasteiger partial charge in [0.05, 0.1) is 6.54 Å². The first-order valence-corrected chi connectivity index (χ1v) is 9.56. The predicted octanol–water partition coefficient (Wildman–Crippen LogP) is 1.24. The summed E-state index contributed by atoms with van der Waals surface area (Å²) in [4.78, 5) is 13.6. The molecule has 0 bridgehead atoms. The highest BCUT2D eigenvalue weighted by atomic mass is 16.5. The van der Waals surface area contributed by atoms with Crippen molar-refractivity contribution in [3.63, 3.8) is 0 Å². The molecule has 2 aromatic heterocycles. The first kappa shape index (κ1) is 19.3. The molecule has 2 N–H and O–H groups in total. The highest BCUT2D eigenvalue weighted by molar-refractivity contribution is 5.80. The summed E-state index contributed by atoms with van der Waals surface area (Å²) < 4.78 is 7.11. The van der Waals surface area contributed by atoms with E-state index in [-0.39, 0.29) is 6.04 Å². The minimum atomic E-state index is 0.286. The van der Waals surface area contributed by atoms with Crippen LogP contribution in [0.1, 0.15) is 36.3 Å². The molecular weight excluding hydrogens is 342 g/mol. The smallest absolute Gasteiger partial charge is 0.191 e. The number of ether oxygens (including phenoxy) is 1. The fourth-order valence-corrected chi connectivity index (χ4v) is 3.13. The van der Waals surface area contributed by atoms with Gasteiger partial charge in [0, 0.05) is 44.6 Å². The molecule has 8 nitrogen and oxygen atoms in total. The van der Waals surface area contributed by atoms with E-state index < -0.39 is 0 Å². The third-order valence-electron chi connectivity index (χ3n) is 4.50. The Morgan fingerprint density at radius 2 is 2.30 bits per heavy atom. The summed E-state index contributed by atoms with van der Waals surface area (Å²) >= 11 is 0. The molecule has 3 heterocycles. The van der Waals surface area contributed by atoms with Crippen LogP contribution >= 0.6 is 0 Å². The number of guanidine groups is 1. The molecule has 146 valence electrons. The van der Waals surface area contributed by atoms with E-state index >= 15 is 0 Å². The molecule has 0 spiro atoms. The molecule has 0 saturated carbocycles. The molecule has 1 aliphatic rings. The van der Waals surface area contributed by atoms with Crippen molar-refractivity contribution in [2.24, 2.45) is 4.99 Å². The second-order valence-corrected chi connectivity index (χ2v) is 6.76. The first-order chi connectivity index (χ1) is 13.2. The number of nitrogens with zero attached hydrogens (tertiary/aromatic N) is 5. The van der Waals surface area contributed by atoms with Crippen molar-refractivity contribution in [1.29, 1.82) is 0 Å². The molecule has 1 aliphatic heterocycles. The van der Waals surface area contributed by atoms with E-state index in [4.69, 9.17) is 9.73 Å². The van der Waals surface area contributed by atoms with Crippen LogP contribution in [0.15, 0.2) is 23.3 Å². The second kappa shape index (κ2) is 9.45. The van der Waals surface area contributed by atoms with Gasteiger partial charge in [0.1, 0.15) is 12.4 Å². The third kappa shape index (κ3) is 5.50. The van der Waals surface area contributed by atoms with Crippen molar-refractivity contribution in [3.8, 4) is 0 Å². The Labute approximate surface area is 160 Å². The summed E-state index contributed by atoms with van der Waals surface area (Å²) in [5, 5.41) is 11.4. The van der Waals surface area contributed by atoms with Crippen LogP contribution < -0.4 is 10.6 Å². The number of rotatable bonds is 7.